The first-order chi connectivity index (χ1) is 14.4. The number of imide groups is 1. The molecule has 1 atom stereocenters. The fourth-order valence-electron chi connectivity index (χ4n) is 3.28. The standard InChI is InChI=1S/C21H15FN2O4S2/c1-28-15-8-2-12(3-9-15)10-17-20(27)24(21(29)30-17)16-11-18(25)23(19(16)26)14-6-4-13(22)5-7-14/h2-10,16H,11H2,1H3/b17-10-. The van der Waals surface area contributed by atoms with Gasteiger partial charge in [-0.3, -0.25) is 19.3 Å². The smallest absolute Gasteiger partial charge is 0.266 e. The molecule has 30 heavy (non-hydrogen) atoms. The number of carbonyl (C=O) groups excluding carboxylic acids is 3. The van der Waals surface area contributed by atoms with E-state index in [0.717, 1.165) is 22.2 Å². The molecule has 2 aromatic carbocycles. The number of hydrogen-bond donors (Lipinski definition) is 0. The molecule has 2 aliphatic rings. The lowest BCUT2D eigenvalue weighted by Crippen LogP contribution is -2.44. The fourth-order valence-corrected chi connectivity index (χ4v) is 4.64. The van der Waals surface area contributed by atoms with Gasteiger partial charge in [0.15, 0.2) is 0 Å². The molecule has 0 aliphatic carbocycles. The highest BCUT2D eigenvalue weighted by molar-refractivity contribution is 8.26. The number of carbonyl (C=O) groups is 3. The van der Waals surface area contributed by atoms with Crippen LogP contribution in [0.1, 0.15) is 12.0 Å². The number of thioether (sulfide) groups is 1. The summed E-state index contributed by atoms with van der Waals surface area (Å²) in [6, 6.07) is 11.1. The number of benzene rings is 2. The van der Waals surface area contributed by atoms with E-state index in [-0.39, 0.29) is 16.4 Å². The molecule has 0 aromatic heterocycles. The molecule has 0 radical (unpaired) electrons. The second-order valence-corrected chi connectivity index (χ2v) is 8.26. The zero-order valence-electron chi connectivity index (χ0n) is 15.7. The van der Waals surface area contributed by atoms with Gasteiger partial charge in [-0.25, -0.2) is 9.29 Å². The normalized spacial score (nSPS) is 20.6. The van der Waals surface area contributed by atoms with E-state index in [1.54, 1.807) is 37.5 Å². The maximum absolute atomic E-state index is 13.2. The van der Waals surface area contributed by atoms with Crippen molar-refractivity contribution in [2.75, 3.05) is 12.0 Å². The topological polar surface area (TPSA) is 66.9 Å². The summed E-state index contributed by atoms with van der Waals surface area (Å²) in [4.78, 5) is 40.9. The van der Waals surface area contributed by atoms with Crippen molar-refractivity contribution < 1.29 is 23.5 Å². The summed E-state index contributed by atoms with van der Waals surface area (Å²) >= 11 is 6.41. The van der Waals surface area contributed by atoms with E-state index in [2.05, 4.69) is 0 Å². The molecular formula is C21H15FN2O4S2. The maximum atomic E-state index is 13.2. The van der Waals surface area contributed by atoms with Crippen molar-refractivity contribution in [1.29, 1.82) is 0 Å². The zero-order valence-corrected chi connectivity index (χ0v) is 17.3. The Morgan fingerprint density at radius 2 is 1.77 bits per heavy atom. The van der Waals surface area contributed by atoms with Gasteiger partial charge in [-0.2, -0.15) is 0 Å². The molecule has 6 nitrogen and oxygen atoms in total. The van der Waals surface area contributed by atoms with Crippen LogP contribution in [0.5, 0.6) is 5.75 Å². The molecule has 0 N–H and O–H groups in total. The van der Waals surface area contributed by atoms with Gasteiger partial charge in [0.1, 0.15) is 21.9 Å². The molecule has 152 valence electrons. The molecule has 0 saturated carbocycles. The predicted octanol–water partition coefficient (Wildman–Crippen LogP) is 3.37. The highest BCUT2D eigenvalue weighted by Gasteiger charge is 2.48. The number of amides is 3. The first-order valence-electron chi connectivity index (χ1n) is 8.92. The summed E-state index contributed by atoms with van der Waals surface area (Å²) in [5, 5.41) is 0. The van der Waals surface area contributed by atoms with E-state index >= 15 is 0 Å². The molecule has 2 heterocycles. The molecule has 2 aliphatic heterocycles. The van der Waals surface area contributed by atoms with Gasteiger partial charge in [-0.05, 0) is 48.0 Å². The van der Waals surface area contributed by atoms with Crippen LogP contribution in [0, 0.1) is 5.82 Å². The second-order valence-electron chi connectivity index (χ2n) is 6.59. The number of hydrogen-bond acceptors (Lipinski definition) is 6. The Balaban J connectivity index is 1.58. The second kappa shape index (κ2) is 8.00. The van der Waals surface area contributed by atoms with E-state index in [1.807, 2.05) is 0 Å². The molecule has 2 saturated heterocycles. The number of nitrogens with zero attached hydrogens (tertiary/aromatic N) is 2. The average Bonchev–Trinajstić information content (AvgIpc) is 3.17. The fraction of sp³-hybridized carbons (Fsp3) is 0.143. The van der Waals surface area contributed by atoms with E-state index in [1.165, 1.54) is 29.2 Å². The number of anilines is 1. The van der Waals surface area contributed by atoms with Gasteiger partial charge >= 0.3 is 0 Å². The van der Waals surface area contributed by atoms with Crippen LogP contribution >= 0.6 is 24.0 Å². The van der Waals surface area contributed by atoms with Crippen LogP contribution in [0.3, 0.4) is 0 Å². The predicted molar refractivity (Wildman–Crippen MR) is 115 cm³/mol. The quantitative estimate of drug-likeness (QED) is 0.411. The molecule has 4 rings (SSSR count). The molecule has 0 bridgehead atoms. The van der Waals surface area contributed by atoms with E-state index in [4.69, 9.17) is 17.0 Å². The third-order valence-electron chi connectivity index (χ3n) is 4.76. The first-order valence-corrected chi connectivity index (χ1v) is 10.1. The molecule has 1 unspecified atom stereocenters. The van der Waals surface area contributed by atoms with Crippen molar-refractivity contribution in [1.82, 2.24) is 4.90 Å². The SMILES string of the molecule is COc1ccc(/C=C2\SC(=S)N(C3CC(=O)N(c4ccc(F)cc4)C3=O)C2=O)cc1. The van der Waals surface area contributed by atoms with Gasteiger partial charge in [-0.1, -0.05) is 36.1 Å². The van der Waals surface area contributed by atoms with Crippen molar-refractivity contribution in [3.05, 3.63) is 64.8 Å². The van der Waals surface area contributed by atoms with Crippen molar-refractivity contribution >= 4 is 57.8 Å². The number of methoxy groups -OCH3 is 1. The summed E-state index contributed by atoms with van der Waals surface area (Å²) in [6.07, 6.45) is 1.50. The third kappa shape index (κ3) is 3.61. The molecule has 2 aromatic rings. The Labute approximate surface area is 181 Å². The Morgan fingerprint density at radius 3 is 2.40 bits per heavy atom. The van der Waals surface area contributed by atoms with Crippen LogP contribution < -0.4 is 9.64 Å². The summed E-state index contributed by atoms with van der Waals surface area (Å²) in [5.74, 6) is -1.24. The van der Waals surface area contributed by atoms with Crippen molar-refractivity contribution in [3.8, 4) is 5.75 Å². The van der Waals surface area contributed by atoms with Crippen LogP contribution in [-0.4, -0.2) is 40.1 Å². The number of ether oxygens (including phenoxy) is 1. The van der Waals surface area contributed by atoms with E-state index in [0.29, 0.717) is 10.7 Å². The summed E-state index contributed by atoms with van der Waals surface area (Å²) < 4.78 is 18.5. The van der Waals surface area contributed by atoms with Crippen molar-refractivity contribution in [3.63, 3.8) is 0 Å². The largest absolute Gasteiger partial charge is 0.497 e. The van der Waals surface area contributed by atoms with Crippen LogP contribution in [0.4, 0.5) is 10.1 Å². The van der Waals surface area contributed by atoms with E-state index in [9.17, 15) is 18.8 Å². The lowest BCUT2D eigenvalue weighted by atomic mass is 10.2. The molecule has 0 spiro atoms. The molecule has 2 fully saturated rings. The third-order valence-corrected chi connectivity index (χ3v) is 6.09. The lowest BCUT2D eigenvalue weighted by molar-refractivity contribution is -0.129. The zero-order chi connectivity index (χ0) is 21.4. The highest BCUT2D eigenvalue weighted by Crippen LogP contribution is 2.37. The van der Waals surface area contributed by atoms with Crippen LogP contribution in [0.25, 0.3) is 6.08 Å². The summed E-state index contributed by atoms with van der Waals surface area (Å²) in [5.41, 5.74) is 1.03. The van der Waals surface area contributed by atoms with Gasteiger partial charge in [0.2, 0.25) is 5.91 Å². The van der Waals surface area contributed by atoms with Gasteiger partial charge in [-0.15, -0.1) is 0 Å². The number of halogens is 1. The Hall–Kier alpha value is -3.04. The first kappa shape index (κ1) is 20.2. The minimum atomic E-state index is -1.02. The van der Waals surface area contributed by atoms with Crippen LogP contribution in [-0.2, 0) is 14.4 Å². The highest BCUT2D eigenvalue weighted by atomic mass is 32.2. The monoisotopic (exact) mass is 442 g/mol. The van der Waals surface area contributed by atoms with Crippen molar-refractivity contribution in [2.24, 2.45) is 0 Å². The minimum Gasteiger partial charge on any atom is -0.497 e. The van der Waals surface area contributed by atoms with Gasteiger partial charge < -0.3 is 4.74 Å². The average molecular weight is 442 g/mol. The molecular weight excluding hydrogens is 427 g/mol. The van der Waals surface area contributed by atoms with Crippen LogP contribution in [0.15, 0.2) is 53.4 Å². The van der Waals surface area contributed by atoms with Crippen molar-refractivity contribution in [2.45, 2.75) is 12.5 Å². The minimum absolute atomic E-state index is 0.182. The molecule has 3 amide bonds. The lowest BCUT2D eigenvalue weighted by Gasteiger charge is -2.21. The molecule has 9 heteroatoms. The Morgan fingerprint density at radius 1 is 1.10 bits per heavy atom. The Kier molecular flexibility index (Phi) is 5.40. The van der Waals surface area contributed by atoms with E-state index < -0.39 is 29.6 Å². The van der Waals surface area contributed by atoms with Gasteiger partial charge in [0.25, 0.3) is 11.8 Å². The van der Waals surface area contributed by atoms with Gasteiger partial charge in [0, 0.05) is 0 Å². The number of rotatable bonds is 4. The summed E-state index contributed by atoms with van der Waals surface area (Å²) in [7, 11) is 1.56. The van der Waals surface area contributed by atoms with Crippen LogP contribution in [0.2, 0.25) is 0 Å². The number of thiocarbonyl (C=S) groups is 1. The summed E-state index contributed by atoms with van der Waals surface area (Å²) in [6.45, 7) is 0. The Bertz CT molecular complexity index is 1080. The maximum Gasteiger partial charge on any atom is 0.266 e. The van der Waals surface area contributed by atoms with Gasteiger partial charge in [0.05, 0.1) is 24.1 Å².